The van der Waals surface area contributed by atoms with Gasteiger partial charge in [0, 0.05) is 19.0 Å². The quantitative estimate of drug-likeness (QED) is 0.775. The van der Waals surface area contributed by atoms with Crippen LogP contribution in [0.4, 0.5) is 0 Å². The number of hydrogen-bond acceptors (Lipinski definition) is 2. The molecule has 1 aromatic carbocycles. The minimum Gasteiger partial charge on any atom is -0.352 e. The monoisotopic (exact) mass is 298 g/mol. The maximum absolute atomic E-state index is 11.8. The Kier molecular flexibility index (Phi) is 10.1. The average Bonchev–Trinajstić information content (AvgIpc) is 2.42. The standard InChI is InChI=1S/C16H26N2O.ClH/c1-3-4-5-15(12-17)18-16(19)11-10-14-8-6-13(2)7-9-14;/h6-9,15H,3-5,10-12,17H2,1-2H3,(H,18,19);1H. The molecule has 0 saturated carbocycles. The van der Waals surface area contributed by atoms with Crippen LogP contribution in [0.25, 0.3) is 0 Å². The van der Waals surface area contributed by atoms with E-state index >= 15 is 0 Å². The number of halogens is 1. The summed E-state index contributed by atoms with van der Waals surface area (Å²) in [7, 11) is 0. The van der Waals surface area contributed by atoms with Gasteiger partial charge in [0.2, 0.25) is 5.91 Å². The number of benzene rings is 1. The van der Waals surface area contributed by atoms with Crippen molar-refractivity contribution in [3.05, 3.63) is 35.4 Å². The SMILES string of the molecule is CCCCC(CN)NC(=O)CCc1ccc(C)cc1.Cl. The zero-order valence-corrected chi connectivity index (χ0v) is 13.3. The number of rotatable bonds is 8. The molecule has 0 saturated heterocycles. The van der Waals surface area contributed by atoms with Crippen molar-refractivity contribution in [1.82, 2.24) is 5.32 Å². The first-order valence-electron chi connectivity index (χ1n) is 7.20. The number of carbonyl (C=O) groups is 1. The van der Waals surface area contributed by atoms with Crippen molar-refractivity contribution in [2.45, 2.75) is 52.0 Å². The molecule has 1 amide bonds. The summed E-state index contributed by atoms with van der Waals surface area (Å²) in [6, 6.07) is 8.46. The highest BCUT2D eigenvalue weighted by molar-refractivity contribution is 5.85. The molecule has 3 nitrogen and oxygen atoms in total. The van der Waals surface area contributed by atoms with E-state index in [-0.39, 0.29) is 24.4 Å². The molecule has 0 radical (unpaired) electrons. The van der Waals surface area contributed by atoms with E-state index in [1.165, 1.54) is 11.1 Å². The minimum absolute atomic E-state index is 0. The first kappa shape index (κ1) is 18.9. The van der Waals surface area contributed by atoms with Gasteiger partial charge in [-0.05, 0) is 25.3 Å². The normalized spacial score (nSPS) is 11.6. The van der Waals surface area contributed by atoms with Gasteiger partial charge in [0.25, 0.3) is 0 Å². The van der Waals surface area contributed by atoms with Crippen molar-refractivity contribution in [2.75, 3.05) is 6.54 Å². The summed E-state index contributed by atoms with van der Waals surface area (Å²) >= 11 is 0. The topological polar surface area (TPSA) is 55.1 Å². The van der Waals surface area contributed by atoms with Crippen molar-refractivity contribution < 1.29 is 4.79 Å². The fraction of sp³-hybridized carbons (Fsp3) is 0.562. The Morgan fingerprint density at radius 3 is 2.50 bits per heavy atom. The van der Waals surface area contributed by atoms with Crippen LogP contribution >= 0.6 is 12.4 Å². The molecule has 4 heteroatoms. The predicted octanol–water partition coefficient (Wildman–Crippen LogP) is 2.98. The van der Waals surface area contributed by atoms with Crippen LogP contribution in [0.15, 0.2) is 24.3 Å². The van der Waals surface area contributed by atoms with Crippen LogP contribution in [0.3, 0.4) is 0 Å². The van der Waals surface area contributed by atoms with Gasteiger partial charge in [-0.15, -0.1) is 12.4 Å². The maximum atomic E-state index is 11.8. The molecule has 0 bridgehead atoms. The van der Waals surface area contributed by atoms with E-state index in [4.69, 9.17) is 5.73 Å². The van der Waals surface area contributed by atoms with Gasteiger partial charge in [-0.2, -0.15) is 0 Å². The summed E-state index contributed by atoms with van der Waals surface area (Å²) in [6.45, 7) is 4.74. The molecule has 0 aromatic heterocycles. The van der Waals surface area contributed by atoms with Gasteiger partial charge < -0.3 is 11.1 Å². The highest BCUT2D eigenvalue weighted by atomic mass is 35.5. The number of nitrogens with one attached hydrogen (secondary N) is 1. The highest BCUT2D eigenvalue weighted by Crippen LogP contribution is 2.06. The van der Waals surface area contributed by atoms with Crippen molar-refractivity contribution in [2.24, 2.45) is 5.73 Å². The van der Waals surface area contributed by atoms with Gasteiger partial charge in [-0.1, -0.05) is 49.6 Å². The molecule has 0 aliphatic rings. The number of hydrogen-bond donors (Lipinski definition) is 2. The average molecular weight is 299 g/mol. The number of nitrogens with two attached hydrogens (primary N) is 1. The van der Waals surface area contributed by atoms with Crippen LogP contribution in [0, 0.1) is 6.92 Å². The molecular formula is C16H27ClN2O. The Morgan fingerprint density at radius 1 is 1.30 bits per heavy atom. The summed E-state index contributed by atoms with van der Waals surface area (Å²) in [4.78, 5) is 11.8. The van der Waals surface area contributed by atoms with E-state index in [2.05, 4.69) is 43.4 Å². The van der Waals surface area contributed by atoms with Gasteiger partial charge in [0.15, 0.2) is 0 Å². The first-order chi connectivity index (χ1) is 9.15. The summed E-state index contributed by atoms with van der Waals surface area (Å²) in [5, 5.41) is 3.02. The van der Waals surface area contributed by atoms with Crippen molar-refractivity contribution in [3.63, 3.8) is 0 Å². The van der Waals surface area contributed by atoms with Gasteiger partial charge >= 0.3 is 0 Å². The third-order valence-electron chi connectivity index (χ3n) is 3.32. The molecule has 0 fully saturated rings. The third kappa shape index (κ3) is 7.51. The lowest BCUT2D eigenvalue weighted by Gasteiger charge is -2.16. The molecule has 1 atom stereocenters. The Hall–Kier alpha value is -1.06. The number of unbranched alkanes of at least 4 members (excludes halogenated alkanes) is 1. The van der Waals surface area contributed by atoms with Gasteiger partial charge in [-0.25, -0.2) is 0 Å². The summed E-state index contributed by atoms with van der Waals surface area (Å²) in [6.07, 6.45) is 4.54. The van der Waals surface area contributed by atoms with E-state index in [0.717, 1.165) is 25.7 Å². The van der Waals surface area contributed by atoms with E-state index in [9.17, 15) is 4.79 Å². The van der Waals surface area contributed by atoms with Gasteiger partial charge in [0.05, 0.1) is 0 Å². The largest absolute Gasteiger partial charge is 0.352 e. The minimum atomic E-state index is 0. The van der Waals surface area contributed by atoms with Crippen molar-refractivity contribution in [3.8, 4) is 0 Å². The maximum Gasteiger partial charge on any atom is 0.220 e. The first-order valence-corrected chi connectivity index (χ1v) is 7.20. The van der Waals surface area contributed by atoms with Crippen molar-refractivity contribution in [1.29, 1.82) is 0 Å². The second-order valence-corrected chi connectivity index (χ2v) is 5.13. The summed E-state index contributed by atoms with van der Waals surface area (Å²) in [5.41, 5.74) is 8.12. The van der Waals surface area contributed by atoms with Crippen LogP contribution in [0.2, 0.25) is 0 Å². The second kappa shape index (κ2) is 10.7. The highest BCUT2D eigenvalue weighted by Gasteiger charge is 2.09. The van der Waals surface area contributed by atoms with Gasteiger partial charge in [-0.3, -0.25) is 4.79 Å². The smallest absolute Gasteiger partial charge is 0.220 e. The molecule has 0 heterocycles. The molecule has 20 heavy (non-hydrogen) atoms. The van der Waals surface area contributed by atoms with E-state index in [1.54, 1.807) is 0 Å². The fourth-order valence-electron chi connectivity index (χ4n) is 2.01. The molecular weight excluding hydrogens is 272 g/mol. The van der Waals surface area contributed by atoms with E-state index in [0.29, 0.717) is 13.0 Å². The predicted molar refractivity (Wildman–Crippen MR) is 87.3 cm³/mol. The lowest BCUT2D eigenvalue weighted by atomic mass is 10.1. The fourth-order valence-corrected chi connectivity index (χ4v) is 2.01. The zero-order chi connectivity index (χ0) is 14.1. The zero-order valence-electron chi connectivity index (χ0n) is 12.5. The van der Waals surface area contributed by atoms with Gasteiger partial charge in [0.1, 0.15) is 0 Å². The van der Waals surface area contributed by atoms with Crippen LogP contribution < -0.4 is 11.1 Å². The summed E-state index contributed by atoms with van der Waals surface area (Å²) < 4.78 is 0. The van der Waals surface area contributed by atoms with Crippen LogP contribution in [-0.2, 0) is 11.2 Å². The van der Waals surface area contributed by atoms with Crippen LogP contribution in [0.1, 0.15) is 43.7 Å². The molecule has 1 aromatic rings. The Balaban J connectivity index is 0.00000361. The summed E-state index contributed by atoms with van der Waals surface area (Å²) in [5.74, 6) is 0.104. The molecule has 1 unspecified atom stereocenters. The Bertz CT molecular complexity index is 379. The van der Waals surface area contributed by atoms with Crippen LogP contribution in [-0.4, -0.2) is 18.5 Å². The van der Waals surface area contributed by atoms with Crippen molar-refractivity contribution >= 4 is 18.3 Å². The molecule has 114 valence electrons. The molecule has 1 rings (SSSR count). The number of amides is 1. The lowest BCUT2D eigenvalue weighted by molar-refractivity contribution is -0.121. The second-order valence-electron chi connectivity index (χ2n) is 5.13. The molecule has 0 aliphatic heterocycles. The molecule has 0 aliphatic carbocycles. The Morgan fingerprint density at radius 2 is 1.95 bits per heavy atom. The number of carbonyl (C=O) groups excluding carboxylic acids is 1. The molecule has 3 N–H and O–H groups in total. The van der Waals surface area contributed by atoms with E-state index < -0.39 is 0 Å². The third-order valence-corrected chi connectivity index (χ3v) is 3.32. The van der Waals surface area contributed by atoms with E-state index in [1.807, 2.05) is 0 Å². The van der Waals surface area contributed by atoms with Crippen LogP contribution in [0.5, 0.6) is 0 Å². The number of aryl methyl sites for hydroxylation is 2. The lowest BCUT2D eigenvalue weighted by Crippen LogP contribution is -2.40. The Labute approximate surface area is 128 Å². The molecule has 0 spiro atoms.